The summed E-state index contributed by atoms with van der Waals surface area (Å²) in [6.45, 7) is 0.181. The van der Waals surface area contributed by atoms with Crippen molar-refractivity contribution in [3.05, 3.63) is 76.3 Å². The van der Waals surface area contributed by atoms with Gasteiger partial charge in [0.25, 0.3) is 11.8 Å². The molecule has 0 aliphatic carbocycles. The fraction of sp³-hybridized carbons (Fsp3) is 0.182. The first-order valence-electron chi connectivity index (χ1n) is 9.68. The molecule has 0 saturated heterocycles. The van der Waals surface area contributed by atoms with E-state index in [-0.39, 0.29) is 42.9 Å². The van der Waals surface area contributed by atoms with Crippen LogP contribution in [0.15, 0.2) is 54.6 Å². The van der Waals surface area contributed by atoms with Gasteiger partial charge in [-0.25, -0.2) is 0 Å². The van der Waals surface area contributed by atoms with Gasteiger partial charge in [0.2, 0.25) is 11.0 Å². The van der Waals surface area contributed by atoms with Gasteiger partial charge in [-0.15, -0.1) is 10.2 Å². The van der Waals surface area contributed by atoms with Crippen LogP contribution in [0.25, 0.3) is 0 Å². The number of hydrogen-bond acceptors (Lipinski definition) is 7. The number of carbonyl (C=O) groups is 4. The maximum atomic E-state index is 12.4. The van der Waals surface area contributed by atoms with Crippen molar-refractivity contribution in [3.8, 4) is 0 Å². The number of rotatable bonds is 8. The Morgan fingerprint density at radius 2 is 1.52 bits per heavy atom. The molecule has 156 valence electrons. The van der Waals surface area contributed by atoms with E-state index in [1.54, 1.807) is 48.5 Å². The van der Waals surface area contributed by atoms with Crippen LogP contribution in [0.5, 0.6) is 0 Å². The van der Waals surface area contributed by atoms with Crippen LogP contribution in [0.1, 0.15) is 48.9 Å². The molecular formula is C22H18N4O4S. The normalized spacial score (nSPS) is 12.7. The second kappa shape index (κ2) is 8.97. The number of Topliss-reactive ketones (excluding diaryl/α,β-unsaturated/α-hetero) is 1. The molecule has 8 nitrogen and oxygen atoms in total. The number of anilines is 1. The first kappa shape index (κ1) is 20.5. The van der Waals surface area contributed by atoms with Gasteiger partial charge in [0.05, 0.1) is 11.1 Å². The lowest BCUT2D eigenvalue weighted by Crippen LogP contribution is -2.31. The smallest absolute Gasteiger partial charge is 0.261 e. The van der Waals surface area contributed by atoms with Crippen LogP contribution in [0.2, 0.25) is 0 Å². The fourth-order valence-electron chi connectivity index (χ4n) is 3.23. The largest absolute Gasteiger partial charge is 0.301 e. The zero-order valence-electron chi connectivity index (χ0n) is 16.4. The Kier molecular flexibility index (Phi) is 5.94. The molecule has 2 aromatic carbocycles. The molecule has 0 spiro atoms. The van der Waals surface area contributed by atoms with Crippen molar-refractivity contribution < 1.29 is 19.2 Å². The van der Waals surface area contributed by atoms with Gasteiger partial charge < -0.3 is 5.32 Å². The Labute approximate surface area is 181 Å². The van der Waals surface area contributed by atoms with Crippen molar-refractivity contribution in [2.75, 3.05) is 11.9 Å². The highest BCUT2D eigenvalue weighted by Crippen LogP contribution is 2.23. The number of nitrogens with zero attached hydrogens (tertiary/aromatic N) is 3. The Balaban J connectivity index is 1.27. The topological polar surface area (TPSA) is 109 Å². The minimum absolute atomic E-state index is 0.0394. The summed E-state index contributed by atoms with van der Waals surface area (Å²) >= 11 is 1.17. The molecule has 9 heteroatoms. The lowest BCUT2D eigenvalue weighted by atomic mass is 10.1. The van der Waals surface area contributed by atoms with E-state index in [0.29, 0.717) is 33.3 Å². The zero-order valence-corrected chi connectivity index (χ0v) is 17.2. The summed E-state index contributed by atoms with van der Waals surface area (Å²) in [6, 6.07) is 15.5. The van der Waals surface area contributed by atoms with E-state index in [0.717, 1.165) is 0 Å². The molecule has 1 aliphatic heterocycles. The Morgan fingerprint density at radius 3 is 2.19 bits per heavy atom. The average molecular weight is 434 g/mol. The fourth-order valence-corrected chi connectivity index (χ4v) is 3.98. The molecular weight excluding hydrogens is 416 g/mol. The summed E-state index contributed by atoms with van der Waals surface area (Å²) in [5, 5.41) is 11.5. The van der Waals surface area contributed by atoms with Crippen LogP contribution in [0.3, 0.4) is 0 Å². The van der Waals surface area contributed by atoms with E-state index in [1.165, 1.54) is 16.2 Å². The van der Waals surface area contributed by atoms with E-state index < -0.39 is 0 Å². The van der Waals surface area contributed by atoms with Gasteiger partial charge in [0, 0.05) is 31.4 Å². The maximum absolute atomic E-state index is 12.4. The van der Waals surface area contributed by atoms with Gasteiger partial charge >= 0.3 is 0 Å². The van der Waals surface area contributed by atoms with Crippen LogP contribution in [0, 0.1) is 0 Å². The highest BCUT2D eigenvalue weighted by atomic mass is 32.1. The number of imide groups is 1. The number of amides is 3. The third-order valence-corrected chi connectivity index (χ3v) is 5.71. The summed E-state index contributed by atoms with van der Waals surface area (Å²) < 4.78 is 0. The van der Waals surface area contributed by atoms with E-state index in [4.69, 9.17) is 0 Å². The second-order valence-electron chi connectivity index (χ2n) is 6.90. The molecule has 0 atom stereocenters. The lowest BCUT2D eigenvalue weighted by molar-refractivity contribution is -0.116. The average Bonchev–Trinajstić information content (AvgIpc) is 3.33. The first-order chi connectivity index (χ1) is 15.0. The molecule has 0 radical (unpaired) electrons. The number of hydrogen-bond donors (Lipinski definition) is 1. The molecule has 3 aromatic rings. The molecule has 31 heavy (non-hydrogen) atoms. The predicted molar refractivity (Wildman–Crippen MR) is 114 cm³/mol. The third-order valence-electron chi connectivity index (χ3n) is 4.82. The van der Waals surface area contributed by atoms with Crippen molar-refractivity contribution >= 4 is 40.0 Å². The van der Waals surface area contributed by atoms with Gasteiger partial charge in [-0.2, -0.15) is 0 Å². The number of ketones is 1. The third kappa shape index (κ3) is 4.56. The number of carbonyl (C=O) groups excluding carboxylic acids is 4. The minimum atomic E-state index is -0.327. The quantitative estimate of drug-likeness (QED) is 0.431. The maximum Gasteiger partial charge on any atom is 0.261 e. The van der Waals surface area contributed by atoms with E-state index in [1.807, 2.05) is 6.07 Å². The molecule has 0 bridgehead atoms. The summed E-state index contributed by atoms with van der Waals surface area (Å²) in [7, 11) is 0. The summed E-state index contributed by atoms with van der Waals surface area (Å²) in [5.74, 6) is -1.06. The molecule has 0 fully saturated rings. The van der Waals surface area contributed by atoms with E-state index in [2.05, 4.69) is 15.5 Å². The molecule has 2 heterocycles. The minimum Gasteiger partial charge on any atom is -0.301 e. The van der Waals surface area contributed by atoms with Crippen molar-refractivity contribution in [1.29, 1.82) is 0 Å². The SMILES string of the molecule is O=C(CCC(=O)c1ccccc1)Nc1nnc(CCN2C(=O)c3ccccc3C2=O)s1. The molecule has 0 saturated carbocycles. The van der Waals surface area contributed by atoms with E-state index >= 15 is 0 Å². The molecule has 1 N–H and O–H groups in total. The summed E-state index contributed by atoms with van der Waals surface area (Å²) in [4.78, 5) is 50.2. The van der Waals surface area contributed by atoms with Gasteiger partial charge in [-0.05, 0) is 12.1 Å². The number of fused-ring (bicyclic) bond motifs is 1. The number of aromatic nitrogens is 2. The molecule has 1 aromatic heterocycles. The van der Waals surface area contributed by atoms with Crippen LogP contribution in [-0.2, 0) is 11.2 Å². The zero-order chi connectivity index (χ0) is 21.8. The van der Waals surface area contributed by atoms with Crippen LogP contribution in [0.4, 0.5) is 5.13 Å². The van der Waals surface area contributed by atoms with Gasteiger partial charge in [-0.1, -0.05) is 53.8 Å². The first-order valence-corrected chi connectivity index (χ1v) is 10.5. The van der Waals surface area contributed by atoms with Crippen molar-refractivity contribution in [2.24, 2.45) is 0 Å². The molecule has 3 amide bonds. The predicted octanol–water partition coefficient (Wildman–Crippen LogP) is 2.98. The van der Waals surface area contributed by atoms with Crippen molar-refractivity contribution in [1.82, 2.24) is 15.1 Å². The van der Waals surface area contributed by atoms with Crippen molar-refractivity contribution in [3.63, 3.8) is 0 Å². The van der Waals surface area contributed by atoms with E-state index in [9.17, 15) is 19.2 Å². The summed E-state index contributed by atoms with van der Waals surface area (Å²) in [6.07, 6.45) is 0.477. The Hall–Kier alpha value is -3.72. The molecule has 4 rings (SSSR count). The number of nitrogens with one attached hydrogen (secondary N) is 1. The standard InChI is InChI=1S/C22H18N4O4S/c27-17(14-6-2-1-3-7-14)10-11-18(28)23-22-25-24-19(31-22)12-13-26-20(29)15-8-4-5-9-16(15)21(26)30/h1-9H,10-13H2,(H,23,25,28). The highest BCUT2D eigenvalue weighted by Gasteiger charge is 2.34. The Bertz CT molecular complexity index is 1120. The Morgan fingerprint density at radius 1 is 0.871 bits per heavy atom. The van der Waals surface area contributed by atoms with Crippen LogP contribution in [-0.4, -0.2) is 45.1 Å². The van der Waals surface area contributed by atoms with Gasteiger partial charge in [0.15, 0.2) is 5.78 Å². The van der Waals surface area contributed by atoms with Crippen LogP contribution >= 0.6 is 11.3 Å². The molecule has 0 unspecified atom stereocenters. The number of benzene rings is 2. The lowest BCUT2D eigenvalue weighted by Gasteiger charge is -2.12. The molecule has 1 aliphatic rings. The van der Waals surface area contributed by atoms with Crippen molar-refractivity contribution in [2.45, 2.75) is 19.3 Å². The summed E-state index contributed by atoms with van der Waals surface area (Å²) in [5.41, 5.74) is 1.38. The second-order valence-corrected chi connectivity index (χ2v) is 7.96. The van der Waals surface area contributed by atoms with Crippen LogP contribution < -0.4 is 5.32 Å². The van der Waals surface area contributed by atoms with Gasteiger partial charge in [0.1, 0.15) is 5.01 Å². The van der Waals surface area contributed by atoms with Gasteiger partial charge in [-0.3, -0.25) is 24.1 Å². The monoisotopic (exact) mass is 434 g/mol. The highest BCUT2D eigenvalue weighted by molar-refractivity contribution is 7.15.